The number of nitrogens with zero attached hydrogens (tertiary/aromatic N) is 4. The Morgan fingerprint density at radius 2 is 2.47 bits per heavy atom. The van der Waals surface area contributed by atoms with E-state index in [0.29, 0.717) is 24.0 Å². The van der Waals surface area contributed by atoms with Crippen molar-refractivity contribution in [2.75, 3.05) is 19.8 Å². The van der Waals surface area contributed by atoms with Gasteiger partial charge in [0.1, 0.15) is 0 Å². The second kappa shape index (κ2) is 4.27. The molecule has 0 radical (unpaired) electrons. The molecule has 1 saturated heterocycles. The van der Waals surface area contributed by atoms with Crippen molar-refractivity contribution >= 4 is 0 Å². The third-order valence-corrected chi connectivity index (χ3v) is 2.61. The van der Waals surface area contributed by atoms with E-state index in [4.69, 9.17) is 9.26 Å². The van der Waals surface area contributed by atoms with Crippen molar-refractivity contribution in [3.63, 3.8) is 0 Å². The van der Waals surface area contributed by atoms with Crippen molar-refractivity contribution in [3.05, 3.63) is 18.1 Å². The summed E-state index contributed by atoms with van der Waals surface area (Å²) in [5.74, 6) is 1.05. The molecule has 0 aliphatic carbocycles. The minimum absolute atomic E-state index is 0.00459. The van der Waals surface area contributed by atoms with Gasteiger partial charge in [-0.25, -0.2) is 0 Å². The molecular weight excluding hydrogens is 222 g/mol. The van der Waals surface area contributed by atoms with Crippen LogP contribution in [0.25, 0.3) is 11.6 Å². The summed E-state index contributed by atoms with van der Waals surface area (Å²) in [4.78, 5) is 4.32. The Morgan fingerprint density at radius 1 is 1.53 bits per heavy atom. The summed E-state index contributed by atoms with van der Waals surface area (Å²) in [6.45, 7) is 2.10. The summed E-state index contributed by atoms with van der Waals surface area (Å²) in [7, 11) is 1.84. The highest BCUT2D eigenvalue weighted by Gasteiger charge is 2.21. The number of nitrogens with one attached hydrogen (secondary N) is 1. The molecule has 90 valence electrons. The van der Waals surface area contributed by atoms with Crippen molar-refractivity contribution in [2.24, 2.45) is 7.05 Å². The van der Waals surface area contributed by atoms with E-state index in [0.717, 1.165) is 13.2 Å². The molecule has 1 aliphatic heterocycles. The molecule has 3 rings (SSSR count). The SMILES string of the molecule is Cn1ccc(-c2nc(C3COCCN3)no2)n1. The van der Waals surface area contributed by atoms with Crippen LogP contribution < -0.4 is 5.32 Å². The largest absolute Gasteiger partial charge is 0.378 e. The molecule has 0 spiro atoms. The molecule has 2 aromatic rings. The number of aromatic nitrogens is 4. The fourth-order valence-corrected chi connectivity index (χ4v) is 1.74. The highest BCUT2D eigenvalue weighted by Crippen LogP contribution is 2.18. The Hall–Kier alpha value is -1.73. The topological polar surface area (TPSA) is 78.0 Å². The Morgan fingerprint density at radius 3 is 3.18 bits per heavy atom. The second-order valence-corrected chi connectivity index (χ2v) is 3.91. The number of ether oxygens (including phenoxy) is 1. The van der Waals surface area contributed by atoms with Gasteiger partial charge < -0.3 is 14.6 Å². The zero-order chi connectivity index (χ0) is 11.7. The average molecular weight is 235 g/mol. The highest BCUT2D eigenvalue weighted by atomic mass is 16.5. The molecule has 2 aromatic heterocycles. The van der Waals surface area contributed by atoms with Crippen LogP contribution in [0, 0.1) is 0 Å². The van der Waals surface area contributed by atoms with E-state index in [9.17, 15) is 0 Å². The first kappa shape index (κ1) is 10.4. The first-order valence-electron chi connectivity index (χ1n) is 5.48. The molecule has 7 heteroatoms. The third-order valence-electron chi connectivity index (χ3n) is 2.61. The third kappa shape index (κ3) is 2.06. The van der Waals surface area contributed by atoms with Crippen LogP contribution in [-0.2, 0) is 11.8 Å². The van der Waals surface area contributed by atoms with Gasteiger partial charge in [-0.1, -0.05) is 5.16 Å². The summed E-state index contributed by atoms with van der Waals surface area (Å²) in [6.07, 6.45) is 1.83. The average Bonchev–Trinajstić information content (AvgIpc) is 2.98. The van der Waals surface area contributed by atoms with Crippen LogP contribution in [0.3, 0.4) is 0 Å². The van der Waals surface area contributed by atoms with Crippen LogP contribution in [0.2, 0.25) is 0 Å². The number of hydrogen-bond donors (Lipinski definition) is 1. The molecule has 0 bridgehead atoms. The molecule has 1 unspecified atom stereocenters. The van der Waals surface area contributed by atoms with Gasteiger partial charge in [-0.05, 0) is 6.07 Å². The molecular formula is C10H13N5O2. The van der Waals surface area contributed by atoms with Crippen molar-refractivity contribution in [3.8, 4) is 11.6 Å². The lowest BCUT2D eigenvalue weighted by atomic mass is 10.2. The number of rotatable bonds is 2. The number of hydrogen-bond acceptors (Lipinski definition) is 6. The molecule has 3 heterocycles. The molecule has 1 N–H and O–H groups in total. The van der Waals surface area contributed by atoms with E-state index < -0.39 is 0 Å². The highest BCUT2D eigenvalue weighted by molar-refractivity contribution is 5.44. The zero-order valence-electron chi connectivity index (χ0n) is 9.46. The molecule has 7 nitrogen and oxygen atoms in total. The van der Waals surface area contributed by atoms with Gasteiger partial charge in [0.25, 0.3) is 5.89 Å². The predicted molar refractivity (Wildman–Crippen MR) is 58.1 cm³/mol. The van der Waals surface area contributed by atoms with Crippen LogP contribution >= 0.6 is 0 Å². The molecule has 17 heavy (non-hydrogen) atoms. The van der Waals surface area contributed by atoms with E-state index >= 15 is 0 Å². The Kier molecular flexibility index (Phi) is 2.62. The van der Waals surface area contributed by atoms with Gasteiger partial charge in [-0.2, -0.15) is 10.1 Å². The Bertz CT molecular complexity index is 500. The Labute approximate surface area is 97.8 Å². The van der Waals surface area contributed by atoms with Gasteiger partial charge >= 0.3 is 0 Å². The molecule has 0 amide bonds. The lowest BCUT2D eigenvalue weighted by molar-refractivity contribution is 0.0734. The van der Waals surface area contributed by atoms with Crippen molar-refractivity contribution < 1.29 is 9.26 Å². The van der Waals surface area contributed by atoms with Gasteiger partial charge in [0.05, 0.1) is 19.3 Å². The van der Waals surface area contributed by atoms with Crippen LogP contribution in [0.15, 0.2) is 16.8 Å². The quantitative estimate of drug-likeness (QED) is 0.797. The molecule has 1 atom stereocenters. The first-order valence-corrected chi connectivity index (χ1v) is 5.48. The summed E-state index contributed by atoms with van der Waals surface area (Å²) in [6, 6.07) is 1.84. The maximum absolute atomic E-state index is 5.35. The minimum atomic E-state index is 0.00459. The van der Waals surface area contributed by atoms with Gasteiger partial charge in [0.15, 0.2) is 11.5 Å². The molecule has 0 aromatic carbocycles. The number of morpholine rings is 1. The lowest BCUT2D eigenvalue weighted by Crippen LogP contribution is -2.35. The van der Waals surface area contributed by atoms with Gasteiger partial charge in [-0.3, -0.25) is 4.68 Å². The monoisotopic (exact) mass is 235 g/mol. The van der Waals surface area contributed by atoms with E-state index in [2.05, 4.69) is 20.6 Å². The molecule has 1 aliphatic rings. The Balaban J connectivity index is 1.82. The van der Waals surface area contributed by atoms with Gasteiger partial charge in [-0.15, -0.1) is 0 Å². The first-order chi connectivity index (χ1) is 8.33. The summed E-state index contributed by atoms with van der Waals surface area (Å²) in [5.41, 5.74) is 0.683. The van der Waals surface area contributed by atoms with E-state index in [1.165, 1.54) is 0 Å². The fourth-order valence-electron chi connectivity index (χ4n) is 1.74. The maximum Gasteiger partial charge on any atom is 0.278 e. The van der Waals surface area contributed by atoms with E-state index in [-0.39, 0.29) is 6.04 Å². The second-order valence-electron chi connectivity index (χ2n) is 3.91. The van der Waals surface area contributed by atoms with Crippen LogP contribution in [0.5, 0.6) is 0 Å². The van der Waals surface area contributed by atoms with Crippen molar-refractivity contribution in [1.82, 2.24) is 25.2 Å². The summed E-state index contributed by atoms with van der Waals surface area (Å²) in [5, 5.41) is 11.4. The molecule has 0 saturated carbocycles. The normalized spacial score (nSPS) is 20.6. The van der Waals surface area contributed by atoms with Crippen molar-refractivity contribution in [1.29, 1.82) is 0 Å². The van der Waals surface area contributed by atoms with Gasteiger partial charge in [0.2, 0.25) is 0 Å². The number of aryl methyl sites for hydroxylation is 1. The van der Waals surface area contributed by atoms with E-state index in [1.54, 1.807) is 4.68 Å². The predicted octanol–water partition coefficient (Wildman–Crippen LogP) is 0.131. The van der Waals surface area contributed by atoms with Gasteiger partial charge in [0, 0.05) is 19.8 Å². The van der Waals surface area contributed by atoms with Crippen LogP contribution in [-0.4, -0.2) is 39.7 Å². The van der Waals surface area contributed by atoms with Crippen molar-refractivity contribution in [2.45, 2.75) is 6.04 Å². The van der Waals surface area contributed by atoms with Crippen LogP contribution in [0.1, 0.15) is 11.9 Å². The fraction of sp³-hybridized carbons (Fsp3) is 0.500. The zero-order valence-corrected chi connectivity index (χ0v) is 9.46. The van der Waals surface area contributed by atoms with E-state index in [1.807, 2.05) is 19.3 Å². The van der Waals surface area contributed by atoms with Crippen LogP contribution in [0.4, 0.5) is 0 Å². The minimum Gasteiger partial charge on any atom is -0.378 e. The molecule has 1 fully saturated rings. The summed E-state index contributed by atoms with van der Waals surface area (Å²) < 4.78 is 12.2. The summed E-state index contributed by atoms with van der Waals surface area (Å²) >= 11 is 0. The maximum atomic E-state index is 5.35. The smallest absolute Gasteiger partial charge is 0.278 e. The lowest BCUT2D eigenvalue weighted by Gasteiger charge is -2.20. The standard InChI is InChI=1S/C10H13N5O2/c1-15-4-2-7(13-15)10-12-9(14-17-10)8-6-16-5-3-11-8/h2,4,8,11H,3,5-6H2,1H3.